The van der Waals surface area contributed by atoms with E-state index in [2.05, 4.69) is 24.1 Å². The third kappa shape index (κ3) is 4.44. The number of likely N-dealkylation sites (N-methyl/N-ethyl adjacent to an activating group) is 1. The van der Waals surface area contributed by atoms with Crippen molar-refractivity contribution in [3.63, 3.8) is 0 Å². The predicted octanol–water partition coefficient (Wildman–Crippen LogP) is 1.35. The van der Waals surface area contributed by atoms with E-state index in [0.717, 1.165) is 6.54 Å². The van der Waals surface area contributed by atoms with Crippen LogP contribution >= 0.6 is 0 Å². The second kappa shape index (κ2) is 6.99. The van der Waals surface area contributed by atoms with Crippen LogP contribution in [0.4, 0.5) is 5.69 Å². The number of carbonyl (C=O) groups excluding carboxylic acids is 1. The quantitative estimate of drug-likeness (QED) is 0.762. The van der Waals surface area contributed by atoms with Crippen LogP contribution in [0.1, 0.15) is 24.2 Å². The fourth-order valence-electron chi connectivity index (χ4n) is 1.57. The first kappa shape index (κ1) is 15.3. The van der Waals surface area contributed by atoms with Gasteiger partial charge in [-0.2, -0.15) is 0 Å². The SMILES string of the molecule is COc1ccc(C(=O)NCCN(C)C(C)C)c(N)c1. The van der Waals surface area contributed by atoms with Crippen LogP contribution in [0.2, 0.25) is 0 Å². The summed E-state index contributed by atoms with van der Waals surface area (Å²) in [6.45, 7) is 5.63. The van der Waals surface area contributed by atoms with Gasteiger partial charge >= 0.3 is 0 Å². The van der Waals surface area contributed by atoms with Crippen molar-refractivity contribution in [2.75, 3.05) is 33.0 Å². The lowest BCUT2D eigenvalue weighted by Gasteiger charge is -2.21. The number of carbonyl (C=O) groups is 1. The second-order valence-corrected chi connectivity index (χ2v) is 4.78. The van der Waals surface area contributed by atoms with E-state index in [4.69, 9.17) is 10.5 Å². The van der Waals surface area contributed by atoms with Gasteiger partial charge in [0.2, 0.25) is 0 Å². The molecule has 0 spiro atoms. The molecule has 5 nitrogen and oxygen atoms in total. The zero-order valence-corrected chi connectivity index (χ0v) is 12.1. The molecule has 0 saturated carbocycles. The molecule has 5 heteroatoms. The van der Waals surface area contributed by atoms with Crippen LogP contribution in [0.25, 0.3) is 0 Å². The molecule has 19 heavy (non-hydrogen) atoms. The van der Waals surface area contributed by atoms with Crippen LogP contribution in [0, 0.1) is 0 Å². The number of ether oxygens (including phenoxy) is 1. The van der Waals surface area contributed by atoms with E-state index in [1.165, 1.54) is 0 Å². The van der Waals surface area contributed by atoms with Gasteiger partial charge in [-0.3, -0.25) is 4.79 Å². The van der Waals surface area contributed by atoms with Crippen LogP contribution in [0.3, 0.4) is 0 Å². The minimum Gasteiger partial charge on any atom is -0.497 e. The second-order valence-electron chi connectivity index (χ2n) is 4.78. The molecule has 0 unspecified atom stereocenters. The highest BCUT2D eigenvalue weighted by molar-refractivity contribution is 5.99. The van der Waals surface area contributed by atoms with Crippen molar-refractivity contribution in [2.45, 2.75) is 19.9 Å². The Balaban J connectivity index is 2.54. The largest absolute Gasteiger partial charge is 0.497 e. The maximum atomic E-state index is 12.0. The maximum absolute atomic E-state index is 12.0. The van der Waals surface area contributed by atoms with E-state index in [0.29, 0.717) is 29.6 Å². The van der Waals surface area contributed by atoms with Gasteiger partial charge in [-0.05, 0) is 33.0 Å². The minimum absolute atomic E-state index is 0.155. The Morgan fingerprint density at radius 1 is 1.47 bits per heavy atom. The average molecular weight is 265 g/mol. The molecule has 0 radical (unpaired) electrons. The Kier molecular flexibility index (Phi) is 5.63. The van der Waals surface area contributed by atoms with Crippen molar-refractivity contribution in [3.8, 4) is 5.75 Å². The molecule has 0 aliphatic carbocycles. The van der Waals surface area contributed by atoms with Gasteiger partial charge in [0.1, 0.15) is 5.75 Å². The highest BCUT2D eigenvalue weighted by Gasteiger charge is 2.10. The summed E-state index contributed by atoms with van der Waals surface area (Å²) in [5.41, 5.74) is 6.73. The molecule has 1 aromatic rings. The maximum Gasteiger partial charge on any atom is 0.253 e. The van der Waals surface area contributed by atoms with E-state index >= 15 is 0 Å². The number of benzene rings is 1. The smallest absolute Gasteiger partial charge is 0.253 e. The highest BCUT2D eigenvalue weighted by atomic mass is 16.5. The average Bonchev–Trinajstić information content (AvgIpc) is 2.37. The third-order valence-corrected chi connectivity index (χ3v) is 3.13. The van der Waals surface area contributed by atoms with Crippen molar-refractivity contribution in [2.24, 2.45) is 0 Å². The summed E-state index contributed by atoms with van der Waals surface area (Å²) in [5.74, 6) is 0.492. The lowest BCUT2D eigenvalue weighted by Crippen LogP contribution is -2.36. The summed E-state index contributed by atoms with van der Waals surface area (Å²) in [4.78, 5) is 14.1. The normalized spacial score (nSPS) is 10.8. The summed E-state index contributed by atoms with van der Waals surface area (Å²) < 4.78 is 5.05. The number of nitrogens with two attached hydrogens (primary N) is 1. The zero-order chi connectivity index (χ0) is 14.4. The summed E-state index contributed by atoms with van der Waals surface area (Å²) >= 11 is 0. The molecule has 0 aliphatic heterocycles. The molecular formula is C14H23N3O2. The van der Waals surface area contributed by atoms with Gasteiger partial charge in [0.25, 0.3) is 5.91 Å². The van der Waals surface area contributed by atoms with Crippen LogP contribution in [0.5, 0.6) is 5.75 Å². The van der Waals surface area contributed by atoms with E-state index in [1.54, 1.807) is 25.3 Å². The molecule has 106 valence electrons. The molecule has 0 aromatic heterocycles. The van der Waals surface area contributed by atoms with Crippen molar-refractivity contribution >= 4 is 11.6 Å². The van der Waals surface area contributed by atoms with Crippen LogP contribution in [0.15, 0.2) is 18.2 Å². The fourth-order valence-corrected chi connectivity index (χ4v) is 1.57. The molecule has 3 N–H and O–H groups in total. The first-order valence-electron chi connectivity index (χ1n) is 6.37. The summed E-state index contributed by atoms with van der Waals surface area (Å²) in [7, 11) is 3.59. The Labute approximate surface area is 114 Å². The monoisotopic (exact) mass is 265 g/mol. The molecule has 0 aliphatic rings. The number of nitrogens with zero attached hydrogens (tertiary/aromatic N) is 1. The van der Waals surface area contributed by atoms with E-state index in [1.807, 2.05) is 7.05 Å². The molecule has 0 saturated heterocycles. The van der Waals surface area contributed by atoms with Crippen LogP contribution in [-0.2, 0) is 0 Å². The number of anilines is 1. The molecule has 0 heterocycles. The fraction of sp³-hybridized carbons (Fsp3) is 0.500. The Bertz CT molecular complexity index is 433. The lowest BCUT2D eigenvalue weighted by molar-refractivity contribution is 0.0949. The lowest BCUT2D eigenvalue weighted by atomic mass is 10.1. The first-order valence-corrected chi connectivity index (χ1v) is 6.37. The number of nitrogen functional groups attached to an aromatic ring is 1. The first-order chi connectivity index (χ1) is 8.95. The van der Waals surface area contributed by atoms with Gasteiger partial charge in [-0.25, -0.2) is 0 Å². The standard InChI is InChI=1S/C14H23N3O2/c1-10(2)17(3)8-7-16-14(18)12-6-5-11(19-4)9-13(12)15/h5-6,9-10H,7-8,15H2,1-4H3,(H,16,18). The number of amides is 1. The molecule has 0 bridgehead atoms. The molecule has 1 rings (SSSR count). The van der Waals surface area contributed by atoms with E-state index in [9.17, 15) is 4.79 Å². The number of nitrogens with one attached hydrogen (secondary N) is 1. The number of hydrogen-bond acceptors (Lipinski definition) is 4. The number of methoxy groups -OCH3 is 1. The van der Waals surface area contributed by atoms with Gasteiger partial charge in [0.05, 0.1) is 12.7 Å². The third-order valence-electron chi connectivity index (χ3n) is 3.13. The van der Waals surface area contributed by atoms with Crippen molar-refractivity contribution in [1.82, 2.24) is 10.2 Å². The molecule has 0 fully saturated rings. The van der Waals surface area contributed by atoms with Crippen molar-refractivity contribution < 1.29 is 9.53 Å². The van der Waals surface area contributed by atoms with Crippen molar-refractivity contribution in [1.29, 1.82) is 0 Å². The minimum atomic E-state index is -0.155. The van der Waals surface area contributed by atoms with Crippen LogP contribution < -0.4 is 15.8 Å². The predicted molar refractivity (Wildman–Crippen MR) is 77.5 cm³/mol. The topological polar surface area (TPSA) is 67.6 Å². The Hall–Kier alpha value is -1.75. The van der Waals surface area contributed by atoms with E-state index < -0.39 is 0 Å². The van der Waals surface area contributed by atoms with E-state index in [-0.39, 0.29) is 5.91 Å². The van der Waals surface area contributed by atoms with Gasteiger partial charge in [-0.1, -0.05) is 0 Å². The van der Waals surface area contributed by atoms with Gasteiger partial charge < -0.3 is 20.7 Å². The number of hydrogen-bond donors (Lipinski definition) is 2. The molecular weight excluding hydrogens is 242 g/mol. The zero-order valence-electron chi connectivity index (χ0n) is 12.1. The van der Waals surface area contributed by atoms with Crippen molar-refractivity contribution in [3.05, 3.63) is 23.8 Å². The van der Waals surface area contributed by atoms with Crippen LogP contribution in [-0.4, -0.2) is 44.1 Å². The summed E-state index contributed by atoms with van der Waals surface area (Å²) in [6, 6.07) is 5.51. The van der Waals surface area contributed by atoms with Gasteiger partial charge in [0, 0.05) is 30.9 Å². The molecule has 1 aromatic carbocycles. The molecule has 0 atom stereocenters. The number of rotatable bonds is 6. The Morgan fingerprint density at radius 2 is 2.16 bits per heavy atom. The van der Waals surface area contributed by atoms with Gasteiger partial charge in [0.15, 0.2) is 0 Å². The highest BCUT2D eigenvalue weighted by Crippen LogP contribution is 2.19. The van der Waals surface area contributed by atoms with Gasteiger partial charge in [-0.15, -0.1) is 0 Å². The summed E-state index contributed by atoms with van der Waals surface area (Å²) in [5, 5.41) is 2.86. The molecule has 1 amide bonds. The Morgan fingerprint density at radius 3 is 2.68 bits per heavy atom. The summed E-state index contributed by atoms with van der Waals surface area (Å²) in [6.07, 6.45) is 0.